The fourth-order valence-corrected chi connectivity index (χ4v) is 14.8. The molecule has 0 aliphatic rings. The Balaban J connectivity index is 2.63. The predicted octanol–water partition coefficient (Wildman–Crippen LogP) is 5.82. The number of hydrogen-bond donors (Lipinski definition) is 3. The Morgan fingerprint density at radius 2 is 0.877 bits per heavy atom. The molecule has 0 spiro atoms. The van der Waals surface area contributed by atoms with Crippen LogP contribution in [0, 0.1) is 21.4 Å². The second-order valence-electron chi connectivity index (χ2n) is 11.0. The van der Waals surface area contributed by atoms with Crippen molar-refractivity contribution in [1.82, 2.24) is 9.44 Å². The number of carbonyl (C=O) groups excluding carboxylic acids is 6. The van der Waals surface area contributed by atoms with Crippen LogP contribution in [0.5, 0.6) is 0 Å². The molecule has 0 radical (unpaired) electrons. The van der Waals surface area contributed by atoms with Crippen LogP contribution in [-0.4, -0.2) is 84.4 Å². The number of hydrogen-bond acceptors (Lipinski definition) is 10. The maximum absolute atomic E-state index is 13.6. The molecule has 16 nitrogen and oxygen atoms in total. The molecule has 316 valence electrons. The minimum atomic E-state index is -6.20. The predicted molar refractivity (Wildman–Crippen MR) is 244 cm³/mol. The monoisotopic (exact) mass is 1530 g/mol. The van der Waals surface area contributed by atoms with Crippen molar-refractivity contribution in [1.29, 1.82) is 0 Å². The van der Waals surface area contributed by atoms with E-state index in [9.17, 15) is 71.9 Å². The van der Waals surface area contributed by atoms with E-state index in [4.69, 9.17) is 0 Å². The second kappa shape index (κ2) is 19.4. The van der Waals surface area contributed by atoms with E-state index in [1.165, 1.54) is 104 Å². The van der Waals surface area contributed by atoms with Gasteiger partial charge in [-0.15, -0.1) is 0 Å². The Bertz CT molecular complexity index is 2320. The summed E-state index contributed by atoms with van der Waals surface area (Å²) in [4.78, 5) is 80.6. The van der Waals surface area contributed by atoms with Gasteiger partial charge in [0.25, 0.3) is 11.8 Å². The summed E-state index contributed by atoms with van der Waals surface area (Å²) in [5, 5.41) is 2.42. The number of halogens is 12. The number of rotatable bonds is 11. The number of sulfonamides is 2. The molecule has 2 aromatic rings. The van der Waals surface area contributed by atoms with Gasteiger partial charge in [0.15, 0.2) is 0 Å². The van der Waals surface area contributed by atoms with Gasteiger partial charge in [0, 0.05) is 47.8 Å². The smallest absolute Gasteiger partial charge is 0.324 e. The van der Waals surface area contributed by atoms with Gasteiger partial charge >= 0.3 is 31.1 Å². The van der Waals surface area contributed by atoms with Gasteiger partial charge in [0.1, 0.15) is 0 Å². The Morgan fingerprint density at radius 1 is 0.544 bits per heavy atom. The Morgan fingerprint density at radius 3 is 1.23 bits per heavy atom. The third kappa shape index (κ3) is 11.5. The van der Waals surface area contributed by atoms with Gasteiger partial charge in [0.05, 0.1) is 55.3 Å². The Labute approximate surface area is 401 Å². The van der Waals surface area contributed by atoms with Crippen LogP contribution in [0.4, 0.5) is 49.1 Å². The number of alkyl halides is 6. The first-order valence-electron chi connectivity index (χ1n) is 14.4. The first-order chi connectivity index (χ1) is 25.6. The minimum Gasteiger partial charge on any atom is -0.324 e. The van der Waals surface area contributed by atoms with Crippen molar-refractivity contribution in [3.63, 3.8) is 0 Å². The van der Waals surface area contributed by atoms with Gasteiger partial charge in [-0.1, -0.05) is 0 Å². The molecule has 0 saturated heterocycles. The number of benzene rings is 2. The van der Waals surface area contributed by atoms with E-state index in [2.05, 4.69) is 5.32 Å². The molecule has 2 aromatic carbocycles. The van der Waals surface area contributed by atoms with Crippen molar-refractivity contribution in [2.75, 3.05) is 41.2 Å². The number of anilines is 4. The highest BCUT2D eigenvalue weighted by atomic mass is 127. The molecule has 0 heterocycles. The fourth-order valence-electron chi connectivity index (χ4n) is 4.17. The molecule has 0 saturated carbocycles. The molecule has 0 aliphatic heterocycles. The quantitative estimate of drug-likeness (QED) is 0.181. The number of nitrogens with one attached hydrogen (secondary N) is 3. The summed E-state index contributed by atoms with van der Waals surface area (Å²) in [7, 11) is -8.76. The lowest BCUT2D eigenvalue weighted by Crippen LogP contribution is -2.41. The van der Waals surface area contributed by atoms with Gasteiger partial charge in [-0.2, -0.15) is 43.2 Å². The van der Waals surface area contributed by atoms with Gasteiger partial charge < -0.3 is 20.0 Å². The molecule has 0 atom stereocenters. The SMILES string of the molecule is CC(=O)N(C)c1c(I)c(NC(=O)CCC(=O)N(C)c2c(I)c(C(=O)NS(=O)(=O)C(F)(F)F)c(I)c(N(C)C(C)=O)c2I)c(I)c(C(=O)NS(=O)(=O)C(F)(F)F)c1I. The first kappa shape index (κ1) is 52.3. The first-order valence-corrected chi connectivity index (χ1v) is 23.8. The minimum absolute atomic E-state index is 0.0783. The zero-order valence-corrected chi connectivity index (χ0v) is 43.3. The summed E-state index contributed by atoms with van der Waals surface area (Å²) in [6.45, 7) is 2.22. The molecule has 0 fully saturated rings. The number of amides is 6. The van der Waals surface area contributed by atoms with Crippen molar-refractivity contribution in [3.05, 3.63) is 32.5 Å². The summed E-state index contributed by atoms with van der Waals surface area (Å²) in [6.07, 6.45) is -1.30. The molecule has 0 aliphatic carbocycles. The Kier molecular flexibility index (Phi) is 17.8. The van der Waals surface area contributed by atoms with Crippen LogP contribution in [0.2, 0.25) is 0 Å². The normalized spacial score (nSPS) is 12.1. The molecule has 2 rings (SSSR count). The second-order valence-corrected chi connectivity index (χ2v) is 20.8. The summed E-state index contributed by atoms with van der Waals surface area (Å²) in [5.74, 6) is -6.55. The summed E-state index contributed by atoms with van der Waals surface area (Å²) in [5.41, 5.74) is -13.6. The molecular weight excluding hydrogens is 1510 g/mol. The molecule has 6 amide bonds. The standard InChI is InChI=1S/C27H22F6I6N6O10S2/c1-8(46)43(3)21-15(35)12(24(50)41-56(52,53)26(28,29)30)14(34)20(18(21)38)40-10(48)6-7-11(49)45(5)23-17(37)13(25(51)42-57(54,55)27(31,32)33)16(36)22(19(23)39)44(4)9(2)47/h6-7H2,1-5H3,(H,40,48)(H,41,50)(H,42,51). The third-order valence-corrected chi connectivity index (χ3v) is 15.7. The van der Waals surface area contributed by atoms with Crippen LogP contribution < -0.4 is 29.5 Å². The highest BCUT2D eigenvalue weighted by molar-refractivity contribution is 14.1. The lowest BCUT2D eigenvalue weighted by Gasteiger charge is -2.28. The van der Waals surface area contributed by atoms with Crippen molar-refractivity contribution in [2.45, 2.75) is 37.7 Å². The summed E-state index contributed by atoms with van der Waals surface area (Å²) >= 11 is 9.39. The zero-order chi connectivity index (χ0) is 44.7. The average Bonchev–Trinajstić information content (AvgIpc) is 3.03. The van der Waals surface area contributed by atoms with E-state index in [0.29, 0.717) is 0 Å². The van der Waals surface area contributed by atoms with Crippen molar-refractivity contribution in [2.24, 2.45) is 0 Å². The van der Waals surface area contributed by atoms with Crippen LogP contribution >= 0.6 is 136 Å². The largest absolute Gasteiger partial charge is 0.516 e. The molecule has 0 bridgehead atoms. The molecule has 3 N–H and O–H groups in total. The summed E-state index contributed by atoms with van der Waals surface area (Å²) in [6, 6.07) is 0. The van der Waals surface area contributed by atoms with E-state index in [-0.39, 0.29) is 44.2 Å². The maximum atomic E-state index is 13.6. The fraction of sp³-hybridized carbons (Fsp3) is 0.333. The number of nitrogens with zero attached hydrogens (tertiary/aromatic N) is 3. The lowest BCUT2D eigenvalue weighted by atomic mass is 10.1. The van der Waals surface area contributed by atoms with Gasteiger partial charge in [-0.25, -0.2) is 9.44 Å². The van der Waals surface area contributed by atoms with Crippen molar-refractivity contribution >= 4 is 214 Å². The van der Waals surface area contributed by atoms with Crippen molar-refractivity contribution < 1.29 is 71.9 Å². The van der Waals surface area contributed by atoms with Crippen LogP contribution in [0.3, 0.4) is 0 Å². The van der Waals surface area contributed by atoms with E-state index in [1.54, 1.807) is 45.2 Å². The zero-order valence-electron chi connectivity index (χ0n) is 28.7. The molecular formula is C27H22F6I6N6O10S2. The summed E-state index contributed by atoms with van der Waals surface area (Å²) < 4.78 is 127. The lowest BCUT2D eigenvalue weighted by molar-refractivity contribution is -0.122. The third-order valence-electron chi connectivity index (χ3n) is 7.24. The number of carbonyl (C=O) groups is 6. The van der Waals surface area contributed by atoms with E-state index < -0.39 is 90.5 Å². The van der Waals surface area contributed by atoms with Crippen LogP contribution in [-0.2, 0) is 39.2 Å². The topological polar surface area (TPSA) is 217 Å². The van der Waals surface area contributed by atoms with Crippen molar-refractivity contribution in [3.8, 4) is 0 Å². The van der Waals surface area contributed by atoms with Crippen LogP contribution in [0.15, 0.2) is 0 Å². The maximum Gasteiger partial charge on any atom is 0.516 e. The van der Waals surface area contributed by atoms with Crippen LogP contribution in [0.25, 0.3) is 0 Å². The highest BCUT2D eigenvalue weighted by Gasteiger charge is 2.49. The van der Waals surface area contributed by atoms with Gasteiger partial charge in [0.2, 0.25) is 23.6 Å². The highest BCUT2D eigenvalue weighted by Crippen LogP contribution is 2.43. The van der Waals surface area contributed by atoms with E-state index >= 15 is 0 Å². The van der Waals surface area contributed by atoms with Gasteiger partial charge in [-0.3, -0.25) is 28.8 Å². The molecule has 0 unspecified atom stereocenters. The molecule has 57 heavy (non-hydrogen) atoms. The average molecular weight is 1530 g/mol. The molecule has 0 aromatic heterocycles. The van der Waals surface area contributed by atoms with Gasteiger partial charge in [-0.05, 0) is 136 Å². The van der Waals surface area contributed by atoms with Crippen LogP contribution in [0.1, 0.15) is 47.4 Å². The van der Waals surface area contributed by atoms with E-state index in [1.807, 2.05) is 0 Å². The van der Waals surface area contributed by atoms with E-state index in [0.717, 1.165) is 45.0 Å². The Hall–Kier alpha value is -0.880. The molecule has 30 heteroatoms.